The van der Waals surface area contributed by atoms with Crippen LogP contribution < -0.4 is 11.1 Å². The lowest BCUT2D eigenvalue weighted by atomic mass is 10.1. The van der Waals surface area contributed by atoms with Crippen molar-refractivity contribution in [3.8, 4) is 0 Å². The second-order valence-corrected chi connectivity index (χ2v) is 4.00. The molecule has 0 radical (unpaired) electrons. The Bertz CT molecular complexity index is 506. The molecule has 0 aliphatic carbocycles. The van der Waals surface area contributed by atoms with Crippen LogP contribution in [-0.4, -0.2) is 23.0 Å². The zero-order chi connectivity index (χ0) is 14.6. The highest BCUT2D eigenvalue weighted by Gasteiger charge is 2.18. The number of hydrogen-bond acceptors (Lipinski definition) is 3. The Hall–Kier alpha value is -2.02. The number of nitrogens with two attached hydrogens (primary N) is 1. The van der Waals surface area contributed by atoms with E-state index in [0.29, 0.717) is 18.9 Å². The van der Waals surface area contributed by atoms with Crippen LogP contribution in [0.4, 0.5) is 14.5 Å². The Labute approximate surface area is 108 Å². The van der Waals surface area contributed by atoms with Gasteiger partial charge in [0.25, 0.3) is 0 Å². The van der Waals surface area contributed by atoms with Gasteiger partial charge in [0, 0.05) is 6.07 Å². The molecule has 1 atom stereocenters. The maximum Gasteiger partial charge on any atom is 0.338 e. The first-order valence-corrected chi connectivity index (χ1v) is 5.65. The van der Waals surface area contributed by atoms with Gasteiger partial charge in [0.2, 0.25) is 5.91 Å². The van der Waals surface area contributed by atoms with E-state index in [2.05, 4.69) is 5.32 Å². The molecule has 0 spiro atoms. The molecule has 0 saturated carbocycles. The largest absolute Gasteiger partial charge is 0.478 e. The third kappa shape index (κ3) is 3.72. The molecule has 1 unspecified atom stereocenters. The van der Waals surface area contributed by atoms with E-state index >= 15 is 0 Å². The fraction of sp³-hybridized carbons (Fsp3) is 0.333. The van der Waals surface area contributed by atoms with Crippen LogP contribution in [0.1, 0.15) is 30.1 Å². The zero-order valence-electron chi connectivity index (χ0n) is 10.2. The summed E-state index contributed by atoms with van der Waals surface area (Å²) in [5.41, 5.74) is 4.40. The summed E-state index contributed by atoms with van der Waals surface area (Å²) in [7, 11) is 0. The summed E-state index contributed by atoms with van der Waals surface area (Å²) in [4.78, 5) is 22.3. The summed E-state index contributed by atoms with van der Waals surface area (Å²) >= 11 is 0. The molecule has 0 fully saturated rings. The van der Waals surface area contributed by atoms with E-state index in [1.54, 1.807) is 0 Å². The Morgan fingerprint density at radius 1 is 1.37 bits per heavy atom. The van der Waals surface area contributed by atoms with Crippen molar-refractivity contribution in [2.45, 2.75) is 25.8 Å². The van der Waals surface area contributed by atoms with Crippen molar-refractivity contribution in [3.63, 3.8) is 0 Å². The predicted molar refractivity (Wildman–Crippen MR) is 64.8 cm³/mol. The molecule has 0 saturated heterocycles. The van der Waals surface area contributed by atoms with Gasteiger partial charge in [-0.05, 0) is 12.5 Å². The SMILES string of the molecule is CCCC(N)C(=O)Nc1cc(C(=O)O)c(F)cc1F. The number of carboxylic acid groups (broad SMARTS) is 1. The van der Waals surface area contributed by atoms with Gasteiger partial charge in [-0.1, -0.05) is 13.3 Å². The molecule has 5 nitrogen and oxygen atoms in total. The average Bonchev–Trinajstić information content (AvgIpc) is 2.32. The summed E-state index contributed by atoms with van der Waals surface area (Å²) in [6.07, 6.45) is 1.07. The normalized spacial score (nSPS) is 12.0. The lowest BCUT2D eigenvalue weighted by Crippen LogP contribution is -2.35. The minimum absolute atomic E-state index is 0.403. The fourth-order valence-corrected chi connectivity index (χ4v) is 1.48. The number of carboxylic acids is 1. The summed E-state index contributed by atoms with van der Waals surface area (Å²) in [6.45, 7) is 1.83. The lowest BCUT2D eigenvalue weighted by molar-refractivity contribution is -0.117. The van der Waals surface area contributed by atoms with Crippen molar-refractivity contribution < 1.29 is 23.5 Å². The smallest absolute Gasteiger partial charge is 0.338 e. The molecule has 0 heterocycles. The van der Waals surface area contributed by atoms with Crippen molar-refractivity contribution in [3.05, 3.63) is 29.3 Å². The molecular formula is C12H14F2N2O3. The zero-order valence-corrected chi connectivity index (χ0v) is 10.2. The van der Waals surface area contributed by atoms with E-state index in [1.807, 2.05) is 6.92 Å². The van der Waals surface area contributed by atoms with E-state index in [1.165, 1.54) is 0 Å². The van der Waals surface area contributed by atoms with Crippen LogP contribution in [0, 0.1) is 11.6 Å². The quantitative estimate of drug-likeness (QED) is 0.761. The number of aromatic carboxylic acids is 1. The molecule has 1 amide bonds. The van der Waals surface area contributed by atoms with Crippen molar-refractivity contribution in [1.29, 1.82) is 0 Å². The van der Waals surface area contributed by atoms with E-state index in [-0.39, 0.29) is 0 Å². The average molecular weight is 272 g/mol. The molecule has 0 bridgehead atoms. The molecule has 4 N–H and O–H groups in total. The number of carbonyl (C=O) groups is 2. The number of amides is 1. The van der Waals surface area contributed by atoms with Gasteiger partial charge in [0.1, 0.15) is 11.6 Å². The van der Waals surface area contributed by atoms with E-state index in [9.17, 15) is 18.4 Å². The van der Waals surface area contributed by atoms with Crippen LogP contribution in [-0.2, 0) is 4.79 Å². The summed E-state index contributed by atoms with van der Waals surface area (Å²) < 4.78 is 26.6. The monoisotopic (exact) mass is 272 g/mol. The summed E-state index contributed by atoms with van der Waals surface area (Å²) in [5, 5.41) is 10.9. The van der Waals surface area contributed by atoms with Gasteiger partial charge in [-0.3, -0.25) is 4.79 Å². The van der Waals surface area contributed by atoms with E-state index in [0.717, 1.165) is 6.07 Å². The summed E-state index contributed by atoms with van der Waals surface area (Å²) in [6, 6.07) is 0.302. The van der Waals surface area contributed by atoms with Gasteiger partial charge < -0.3 is 16.2 Å². The first-order valence-electron chi connectivity index (χ1n) is 5.65. The Balaban J connectivity index is 2.98. The molecule has 0 aliphatic rings. The van der Waals surface area contributed by atoms with Crippen LogP contribution in [0.15, 0.2) is 12.1 Å². The molecule has 0 aliphatic heterocycles. The number of carbonyl (C=O) groups excluding carboxylic acids is 1. The number of halogens is 2. The van der Waals surface area contributed by atoms with Gasteiger partial charge in [0.15, 0.2) is 0 Å². The van der Waals surface area contributed by atoms with Crippen LogP contribution in [0.5, 0.6) is 0 Å². The predicted octanol–water partition coefficient (Wildman–Crippen LogP) is 1.73. The van der Waals surface area contributed by atoms with Gasteiger partial charge in [-0.25, -0.2) is 13.6 Å². The molecule has 104 valence electrons. The van der Waals surface area contributed by atoms with Gasteiger partial charge in [-0.2, -0.15) is 0 Å². The number of rotatable bonds is 5. The van der Waals surface area contributed by atoms with Crippen molar-refractivity contribution >= 4 is 17.6 Å². The highest BCUT2D eigenvalue weighted by Crippen LogP contribution is 2.20. The Morgan fingerprint density at radius 2 is 2.00 bits per heavy atom. The molecule has 7 heteroatoms. The van der Waals surface area contributed by atoms with Crippen LogP contribution >= 0.6 is 0 Å². The molecular weight excluding hydrogens is 258 g/mol. The summed E-state index contributed by atoms with van der Waals surface area (Å²) in [5.74, 6) is -4.46. The van der Waals surface area contributed by atoms with Crippen LogP contribution in [0.3, 0.4) is 0 Å². The number of anilines is 1. The van der Waals surface area contributed by atoms with Gasteiger partial charge >= 0.3 is 5.97 Å². The molecule has 1 rings (SSSR count). The number of benzene rings is 1. The maximum atomic E-state index is 13.4. The standard InChI is InChI=1S/C12H14F2N2O3/c1-2-3-9(15)11(17)16-10-4-6(12(18)19)7(13)5-8(10)14/h4-5,9H,2-3,15H2,1H3,(H,16,17)(H,18,19). The third-order valence-electron chi connectivity index (χ3n) is 2.48. The number of nitrogens with one attached hydrogen (secondary N) is 1. The minimum Gasteiger partial charge on any atom is -0.478 e. The molecule has 0 aromatic heterocycles. The van der Waals surface area contributed by atoms with Crippen molar-refractivity contribution in [2.75, 3.05) is 5.32 Å². The first kappa shape index (κ1) is 15.0. The highest BCUT2D eigenvalue weighted by molar-refractivity contribution is 5.96. The van der Waals surface area contributed by atoms with Crippen molar-refractivity contribution in [2.24, 2.45) is 5.73 Å². The molecule has 19 heavy (non-hydrogen) atoms. The van der Waals surface area contributed by atoms with Gasteiger partial charge in [0.05, 0.1) is 17.3 Å². The van der Waals surface area contributed by atoms with Crippen LogP contribution in [0.2, 0.25) is 0 Å². The second kappa shape index (κ2) is 6.24. The fourth-order valence-electron chi connectivity index (χ4n) is 1.48. The van der Waals surface area contributed by atoms with E-state index in [4.69, 9.17) is 10.8 Å². The topological polar surface area (TPSA) is 92.4 Å². The van der Waals surface area contributed by atoms with Crippen molar-refractivity contribution in [1.82, 2.24) is 0 Å². The van der Waals surface area contributed by atoms with Crippen LogP contribution in [0.25, 0.3) is 0 Å². The van der Waals surface area contributed by atoms with E-state index < -0.39 is 40.8 Å². The third-order valence-corrected chi connectivity index (χ3v) is 2.48. The second-order valence-electron chi connectivity index (χ2n) is 4.00. The maximum absolute atomic E-state index is 13.4. The minimum atomic E-state index is -1.55. The highest BCUT2D eigenvalue weighted by atomic mass is 19.1. The lowest BCUT2D eigenvalue weighted by Gasteiger charge is -2.12. The van der Waals surface area contributed by atoms with Gasteiger partial charge in [-0.15, -0.1) is 0 Å². The first-order chi connectivity index (χ1) is 8.86. The number of hydrogen-bond donors (Lipinski definition) is 3. The Morgan fingerprint density at radius 3 is 2.53 bits per heavy atom. The molecule has 1 aromatic rings. The Kier molecular flexibility index (Phi) is 4.94. The molecule has 1 aromatic carbocycles.